The van der Waals surface area contributed by atoms with Crippen LogP contribution in [0.5, 0.6) is 0 Å². The number of aldehydes is 1. The maximum absolute atomic E-state index is 12.7. The van der Waals surface area contributed by atoms with Crippen LogP contribution in [0.3, 0.4) is 0 Å². The largest absolute Gasteiger partial charge is 0.382 e. The molecule has 0 spiro atoms. The minimum Gasteiger partial charge on any atom is -0.382 e. The third kappa shape index (κ3) is 3.64. The number of benzene rings is 1. The zero-order chi connectivity index (χ0) is 28.2. The minimum atomic E-state index is -0.319. The molecule has 3 N–H and O–H groups in total. The van der Waals surface area contributed by atoms with Crippen LogP contribution in [-0.2, 0) is 4.79 Å². The van der Waals surface area contributed by atoms with Crippen molar-refractivity contribution in [3.63, 3.8) is 0 Å². The van der Waals surface area contributed by atoms with Crippen LogP contribution in [0.2, 0.25) is 0 Å². The average Bonchev–Trinajstić information content (AvgIpc) is 3.50. The van der Waals surface area contributed by atoms with E-state index >= 15 is 0 Å². The van der Waals surface area contributed by atoms with E-state index in [1.165, 1.54) is 89.0 Å². The summed E-state index contributed by atoms with van der Waals surface area (Å²) in [5.74, 6) is 9.95. The van der Waals surface area contributed by atoms with Crippen molar-refractivity contribution in [1.29, 1.82) is 0 Å². The fraction of sp³-hybridized carbons (Fsp3) is 0.718. The Bertz CT molecular complexity index is 1260. The molecule has 42 heavy (non-hydrogen) atoms. The molecule has 0 radical (unpaired) electrons. The number of fused-ring (bicyclic) bond motifs is 10. The predicted octanol–water partition coefficient (Wildman–Crippen LogP) is 7.89. The minimum absolute atomic E-state index is 0.00631. The van der Waals surface area contributed by atoms with Crippen LogP contribution < -0.4 is 11.1 Å². The van der Waals surface area contributed by atoms with Crippen molar-refractivity contribution in [3.8, 4) is 0 Å². The second-order valence-corrected chi connectivity index (χ2v) is 16.5. The molecule has 0 bridgehead atoms. The van der Waals surface area contributed by atoms with Gasteiger partial charge in [-0.2, -0.15) is 0 Å². The van der Waals surface area contributed by atoms with Crippen molar-refractivity contribution in [2.24, 2.45) is 88.1 Å². The molecule has 0 heterocycles. The number of para-hydroxylation sites is 1. The van der Waals surface area contributed by atoms with Crippen LogP contribution >= 0.6 is 0 Å². The third-order valence-corrected chi connectivity index (χ3v) is 15.5. The maximum atomic E-state index is 12.7. The lowest BCUT2D eigenvalue weighted by molar-refractivity contribution is -0.111. The molecule has 224 valence electrons. The average molecular weight is 565 g/mol. The quantitative estimate of drug-likeness (QED) is 0.282. The van der Waals surface area contributed by atoms with Crippen molar-refractivity contribution >= 4 is 12.0 Å². The summed E-state index contributed by atoms with van der Waals surface area (Å²) < 4.78 is 0. The molecule has 9 rings (SSSR count). The first-order chi connectivity index (χ1) is 20.6. The molecule has 8 aliphatic carbocycles. The summed E-state index contributed by atoms with van der Waals surface area (Å²) in [6.07, 6.45) is 22.8. The zero-order valence-electron chi connectivity index (χ0n) is 25.5. The molecule has 0 amide bonds. The van der Waals surface area contributed by atoms with E-state index in [0.29, 0.717) is 29.7 Å². The van der Waals surface area contributed by atoms with Gasteiger partial charge in [0.2, 0.25) is 0 Å². The lowest BCUT2D eigenvalue weighted by Crippen LogP contribution is -2.44. The maximum Gasteiger partial charge on any atom is 0.137 e. The van der Waals surface area contributed by atoms with Gasteiger partial charge in [-0.15, -0.1) is 0 Å². The summed E-state index contributed by atoms with van der Waals surface area (Å²) >= 11 is 0. The molecular formula is C39H52N2O. The number of rotatable bonds is 5. The van der Waals surface area contributed by atoms with Gasteiger partial charge in [0.15, 0.2) is 0 Å². The molecule has 7 fully saturated rings. The number of allylic oxidation sites excluding steroid dienone is 3. The van der Waals surface area contributed by atoms with E-state index in [2.05, 4.69) is 47.8 Å². The predicted molar refractivity (Wildman–Crippen MR) is 169 cm³/mol. The highest BCUT2D eigenvalue weighted by atomic mass is 16.1. The van der Waals surface area contributed by atoms with Gasteiger partial charge in [-0.3, -0.25) is 0 Å². The number of carbonyl (C=O) groups excluding carboxylic acids is 1. The summed E-state index contributed by atoms with van der Waals surface area (Å²) in [6.45, 7) is 4.73. The third-order valence-electron chi connectivity index (χ3n) is 15.5. The Morgan fingerprint density at radius 3 is 2.57 bits per heavy atom. The standard InChI is InChI=1S/C39H52N2O/c1-22-10-16-34-38(37-30-13-11-23-6-5-9-27(23)32(30)20-31(22)37)39(34,36(40)21-42)25-12-14-28-24(18-25)19-33-29(28)15-17-35(33)41-26-7-3-2-4-8-26/h2-4,7-8,12,14,21,23-25,27-38,41H,1,5-6,9-11,13,15-20,40H2. The molecule has 1 aromatic carbocycles. The highest BCUT2D eigenvalue weighted by Gasteiger charge is 2.75. The normalized spacial score (nSPS) is 52.3. The number of anilines is 1. The Morgan fingerprint density at radius 2 is 1.71 bits per heavy atom. The molecule has 16 unspecified atom stereocenters. The van der Waals surface area contributed by atoms with Gasteiger partial charge >= 0.3 is 0 Å². The van der Waals surface area contributed by atoms with Crippen molar-refractivity contribution in [2.45, 2.75) is 89.1 Å². The zero-order valence-corrected chi connectivity index (χ0v) is 25.5. The van der Waals surface area contributed by atoms with Crippen molar-refractivity contribution in [2.75, 3.05) is 5.32 Å². The van der Waals surface area contributed by atoms with E-state index in [-0.39, 0.29) is 11.5 Å². The molecule has 8 aliphatic rings. The molecule has 3 nitrogen and oxygen atoms in total. The number of carbonyl (C=O) groups is 1. The summed E-state index contributed by atoms with van der Waals surface area (Å²) in [4.78, 5) is 12.7. The molecule has 3 heteroatoms. The Balaban J connectivity index is 0.996. The van der Waals surface area contributed by atoms with E-state index in [0.717, 1.165) is 53.3 Å². The Labute approximate surface area is 253 Å². The Kier molecular flexibility index (Phi) is 6.20. The number of hydrogen-bond donors (Lipinski definition) is 2. The SMILES string of the molecule is C=C1CCC2C(C3C1CC1C4CCCC4CCC13)C2(C(N)C=O)C1C=CC2C(CC3C(Nc4ccccc4)CCC23)C1. The van der Waals surface area contributed by atoms with Crippen LogP contribution in [0.15, 0.2) is 54.6 Å². The first kappa shape index (κ1) is 26.5. The van der Waals surface area contributed by atoms with Crippen LogP contribution in [0.25, 0.3) is 0 Å². The van der Waals surface area contributed by atoms with Crippen molar-refractivity contribution < 1.29 is 4.79 Å². The van der Waals surface area contributed by atoms with Gasteiger partial charge in [0.05, 0.1) is 6.04 Å². The number of hydrogen-bond acceptors (Lipinski definition) is 3. The van der Waals surface area contributed by atoms with Gasteiger partial charge < -0.3 is 15.8 Å². The molecule has 7 saturated carbocycles. The van der Waals surface area contributed by atoms with E-state index in [1.807, 2.05) is 0 Å². The van der Waals surface area contributed by atoms with Gasteiger partial charge in [0, 0.05) is 17.1 Å². The van der Waals surface area contributed by atoms with Crippen LogP contribution in [-0.4, -0.2) is 18.4 Å². The second-order valence-electron chi connectivity index (χ2n) is 16.5. The van der Waals surface area contributed by atoms with Gasteiger partial charge in [-0.1, -0.05) is 55.3 Å². The monoisotopic (exact) mass is 564 g/mol. The van der Waals surface area contributed by atoms with Crippen molar-refractivity contribution in [1.82, 2.24) is 0 Å². The number of nitrogens with one attached hydrogen (secondary N) is 1. The summed E-state index contributed by atoms with van der Waals surface area (Å²) in [5.41, 5.74) is 9.86. The topological polar surface area (TPSA) is 55.1 Å². The van der Waals surface area contributed by atoms with Crippen LogP contribution in [0.4, 0.5) is 5.69 Å². The fourth-order valence-corrected chi connectivity index (χ4v) is 14.2. The molecule has 1 aromatic rings. The smallest absolute Gasteiger partial charge is 0.137 e. The molecule has 0 aromatic heterocycles. The van der Waals surface area contributed by atoms with Crippen LogP contribution in [0.1, 0.15) is 77.0 Å². The molecule has 0 saturated heterocycles. The van der Waals surface area contributed by atoms with E-state index in [1.54, 1.807) is 5.57 Å². The fourth-order valence-electron chi connectivity index (χ4n) is 14.2. The highest BCUT2D eigenvalue weighted by molar-refractivity contribution is 5.62. The number of nitrogens with two attached hydrogens (primary N) is 1. The molecule has 16 atom stereocenters. The first-order valence-electron chi connectivity index (χ1n) is 18.0. The van der Waals surface area contributed by atoms with Crippen molar-refractivity contribution in [3.05, 3.63) is 54.6 Å². The summed E-state index contributed by atoms with van der Waals surface area (Å²) in [6, 6.07) is 11.1. The first-order valence-corrected chi connectivity index (χ1v) is 18.0. The second kappa shape index (κ2) is 9.82. The summed E-state index contributed by atoms with van der Waals surface area (Å²) in [5, 5.41) is 3.92. The van der Waals surface area contributed by atoms with E-state index < -0.39 is 0 Å². The molecule has 0 aliphatic heterocycles. The molecular weight excluding hydrogens is 512 g/mol. The Morgan fingerprint density at radius 1 is 0.857 bits per heavy atom. The lowest BCUT2D eigenvalue weighted by Gasteiger charge is -2.41. The van der Waals surface area contributed by atoms with Gasteiger partial charge in [0.25, 0.3) is 0 Å². The lowest BCUT2D eigenvalue weighted by atomic mass is 9.64. The van der Waals surface area contributed by atoms with Crippen LogP contribution in [0, 0.1) is 82.3 Å². The summed E-state index contributed by atoms with van der Waals surface area (Å²) in [7, 11) is 0. The Hall–Kier alpha value is -1.87. The van der Waals surface area contributed by atoms with Gasteiger partial charge in [-0.25, -0.2) is 0 Å². The highest BCUT2D eigenvalue weighted by Crippen LogP contribution is 2.78. The van der Waals surface area contributed by atoms with E-state index in [4.69, 9.17) is 12.3 Å². The van der Waals surface area contributed by atoms with E-state index in [9.17, 15) is 4.79 Å². The van der Waals surface area contributed by atoms with Gasteiger partial charge in [-0.05, 0) is 153 Å². The van der Waals surface area contributed by atoms with Gasteiger partial charge in [0.1, 0.15) is 6.29 Å².